The summed E-state index contributed by atoms with van der Waals surface area (Å²) in [5.74, 6) is 1.18. The Bertz CT molecular complexity index is 2320. The Kier molecular flexibility index (Phi) is 14.3. The van der Waals surface area contributed by atoms with Crippen molar-refractivity contribution in [3.05, 3.63) is 141 Å². The molecule has 62 heavy (non-hydrogen) atoms. The Morgan fingerprint density at radius 3 is 2.39 bits per heavy atom. The second-order valence-corrected chi connectivity index (χ2v) is 17.3. The number of carbonyl (C=O) groups is 2. The lowest BCUT2D eigenvalue weighted by Crippen LogP contribution is -2.52. The minimum absolute atomic E-state index is 0.000215. The van der Waals surface area contributed by atoms with Crippen LogP contribution in [-0.2, 0) is 20.9 Å². The molecule has 0 unspecified atom stereocenters. The lowest BCUT2D eigenvalue weighted by Gasteiger charge is -2.44. The summed E-state index contributed by atoms with van der Waals surface area (Å²) in [5.41, 5.74) is 4.29. The topological polar surface area (TPSA) is 142 Å². The summed E-state index contributed by atoms with van der Waals surface area (Å²) in [7, 11) is 0. The molecule has 0 spiro atoms. The van der Waals surface area contributed by atoms with Gasteiger partial charge in [-0.15, -0.1) is 0 Å². The van der Waals surface area contributed by atoms with Gasteiger partial charge in [0.2, 0.25) is 5.56 Å². The highest BCUT2D eigenvalue weighted by molar-refractivity contribution is 5.94. The summed E-state index contributed by atoms with van der Waals surface area (Å²) in [5, 5.41) is 21.9. The normalized spacial score (nSPS) is 19.8. The molecule has 4 aromatic carbocycles. The zero-order valence-corrected chi connectivity index (χ0v) is 35.5. The van der Waals surface area contributed by atoms with Crippen LogP contribution in [-0.4, -0.2) is 88.9 Å². The Balaban J connectivity index is 0.862. The van der Waals surface area contributed by atoms with E-state index in [4.69, 9.17) is 14.2 Å². The average molecular weight is 842 g/mol. The first kappa shape index (κ1) is 43.2. The van der Waals surface area contributed by atoms with E-state index in [0.29, 0.717) is 78.9 Å². The van der Waals surface area contributed by atoms with Crippen LogP contribution in [0.5, 0.6) is 11.5 Å². The maximum Gasteiger partial charge on any atom is 0.307 e. The minimum atomic E-state index is -0.753. The van der Waals surface area contributed by atoms with E-state index in [9.17, 15) is 24.6 Å². The summed E-state index contributed by atoms with van der Waals surface area (Å²) in [6.07, 6.45) is 6.41. The summed E-state index contributed by atoms with van der Waals surface area (Å²) >= 11 is 0. The van der Waals surface area contributed by atoms with Gasteiger partial charge in [-0.3, -0.25) is 19.3 Å². The maximum atomic E-state index is 14.0. The zero-order chi connectivity index (χ0) is 42.8. The molecule has 0 aliphatic carbocycles. The van der Waals surface area contributed by atoms with Gasteiger partial charge >= 0.3 is 5.97 Å². The molecule has 0 radical (unpaired) electrons. The Hall–Kier alpha value is -5.49. The van der Waals surface area contributed by atoms with Gasteiger partial charge in [0.15, 0.2) is 0 Å². The number of fused-ring (bicyclic) bond motifs is 4. The molecule has 4 aliphatic rings. The molecule has 5 heterocycles. The number of benzene rings is 4. The molecule has 4 fully saturated rings. The van der Waals surface area contributed by atoms with Crippen molar-refractivity contribution in [3.8, 4) is 11.5 Å². The van der Waals surface area contributed by atoms with Crippen LogP contribution in [0, 0.1) is 11.8 Å². The summed E-state index contributed by atoms with van der Waals surface area (Å²) < 4.78 is 18.0. The number of piperidine rings is 3. The fourth-order valence-electron chi connectivity index (χ4n) is 9.49. The van der Waals surface area contributed by atoms with Crippen molar-refractivity contribution >= 4 is 22.8 Å². The van der Waals surface area contributed by atoms with Crippen molar-refractivity contribution in [2.45, 2.75) is 82.5 Å². The second-order valence-electron chi connectivity index (χ2n) is 17.3. The number of ether oxygens (including phenoxy) is 3. The Morgan fingerprint density at radius 2 is 1.63 bits per heavy atom. The number of carbonyl (C=O) groups excluding carboxylic acids is 2. The van der Waals surface area contributed by atoms with E-state index >= 15 is 0 Å². The number of phenols is 1. The van der Waals surface area contributed by atoms with E-state index in [1.54, 1.807) is 12.1 Å². The number of unbranched alkanes of at least 4 members (excludes halogenated alkanes) is 2. The molecular weight excluding hydrogens is 783 g/mol. The second kappa shape index (κ2) is 20.6. The van der Waals surface area contributed by atoms with Crippen LogP contribution in [0.4, 0.5) is 0 Å². The van der Waals surface area contributed by atoms with Crippen LogP contribution in [0.25, 0.3) is 10.9 Å². The fraction of sp³-hybridized carbons (Fsp3) is 0.431. The standard InChI is InChI=1S/C51H59N3O8/c55-45(42-17-19-46(56)50-43(42)18-20-48(57)52-50)12-5-2-6-25-54(32-35-23-28-60-29-24-35)51(59)39-15-13-36(14-16-39)34-61-41-11-7-10-40(30-41)44(37-8-3-1-4-9-37)31-49(58)62-47-33-53-26-21-38(47)22-27-53/h1,3-4,7-11,13-20,30,35,38,44-45,47,55-56H,2,5-6,12,21-29,31-34H2,(H,52,57)/t44-,45-,47-/m0/s1. The third-order valence-electron chi connectivity index (χ3n) is 13.1. The lowest BCUT2D eigenvalue weighted by atomic mass is 9.85. The predicted molar refractivity (Wildman–Crippen MR) is 238 cm³/mol. The molecule has 4 aliphatic heterocycles. The molecule has 1 amide bonds. The number of aromatic amines is 1. The van der Waals surface area contributed by atoms with Gasteiger partial charge in [0.1, 0.15) is 24.2 Å². The molecule has 11 nitrogen and oxygen atoms in total. The van der Waals surface area contributed by atoms with Gasteiger partial charge in [0, 0.05) is 55.8 Å². The number of nitrogens with zero attached hydrogens (tertiary/aromatic N) is 2. The van der Waals surface area contributed by atoms with E-state index in [1.165, 1.54) is 12.1 Å². The minimum Gasteiger partial charge on any atom is -0.506 e. The molecule has 5 aromatic rings. The number of aliphatic hydroxyl groups excluding tert-OH is 1. The van der Waals surface area contributed by atoms with Gasteiger partial charge in [0.05, 0.1) is 18.0 Å². The fourth-order valence-corrected chi connectivity index (χ4v) is 9.49. The van der Waals surface area contributed by atoms with Gasteiger partial charge in [-0.25, -0.2) is 0 Å². The molecule has 9 rings (SSSR count). The average Bonchev–Trinajstić information content (AvgIpc) is 3.31. The van der Waals surface area contributed by atoms with Crippen LogP contribution in [0.2, 0.25) is 0 Å². The number of H-pyrrole nitrogens is 1. The number of aliphatic hydroxyl groups is 1. The SMILES string of the molecule is O=C(C[C@@H](c1ccccc1)c1cccc(OCc2ccc(C(=O)N(CCCCC[C@H](O)c3ccc(O)c4[nH]c(=O)ccc34)CC3CCOCC3)cc2)c1)O[C@H]1CN2CCC1CC2. The van der Waals surface area contributed by atoms with E-state index < -0.39 is 6.10 Å². The van der Waals surface area contributed by atoms with Gasteiger partial charge < -0.3 is 34.3 Å². The number of phenolic OH excluding ortho intramolecular Hbond substituents is 1. The van der Waals surface area contributed by atoms with Crippen LogP contribution in [0.15, 0.2) is 108 Å². The largest absolute Gasteiger partial charge is 0.506 e. The van der Waals surface area contributed by atoms with Crippen molar-refractivity contribution in [2.75, 3.05) is 45.9 Å². The Labute approximate surface area is 363 Å². The van der Waals surface area contributed by atoms with Crippen molar-refractivity contribution in [1.82, 2.24) is 14.8 Å². The maximum absolute atomic E-state index is 14.0. The van der Waals surface area contributed by atoms with Crippen molar-refractivity contribution in [1.29, 1.82) is 0 Å². The number of amides is 1. The molecule has 326 valence electrons. The van der Waals surface area contributed by atoms with Gasteiger partial charge in [-0.1, -0.05) is 73.5 Å². The van der Waals surface area contributed by atoms with E-state index in [0.717, 1.165) is 81.3 Å². The lowest BCUT2D eigenvalue weighted by molar-refractivity contribution is -0.159. The number of aromatic nitrogens is 1. The number of nitrogens with one attached hydrogen (secondary N) is 1. The van der Waals surface area contributed by atoms with E-state index in [2.05, 4.69) is 22.0 Å². The number of hydrogen-bond donors (Lipinski definition) is 3. The molecule has 11 heteroatoms. The van der Waals surface area contributed by atoms with Gasteiger partial charge in [0.25, 0.3) is 5.91 Å². The summed E-state index contributed by atoms with van der Waals surface area (Å²) in [4.78, 5) is 46.3. The summed E-state index contributed by atoms with van der Waals surface area (Å²) in [6, 6.07) is 32.0. The zero-order valence-electron chi connectivity index (χ0n) is 35.5. The number of pyridine rings is 1. The van der Waals surface area contributed by atoms with E-state index in [1.807, 2.05) is 71.6 Å². The molecule has 1 aromatic heterocycles. The van der Waals surface area contributed by atoms with Crippen molar-refractivity contribution in [3.63, 3.8) is 0 Å². The first-order valence-electron chi connectivity index (χ1n) is 22.5. The predicted octanol–water partition coefficient (Wildman–Crippen LogP) is 8.13. The molecule has 4 saturated heterocycles. The van der Waals surface area contributed by atoms with Crippen LogP contribution >= 0.6 is 0 Å². The van der Waals surface area contributed by atoms with Gasteiger partial charge in [-0.2, -0.15) is 0 Å². The first-order valence-corrected chi connectivity index (χ1v) is 22.5. The monoisotopic (exact) mass is 841 g/mol. The number of esters is 1. The number of aromatic hydroxyl groups is 1. The Morgan fingerprint density at radius 1 is 0.855 bits per heavy atom. The molecular formula is C51H59N3O8. The van der Waals surface area contributed by atoms with Crippen molar-refractivity contribution in [2.24, 2.45) is 11.8 Å². The molecule has 3 atom stereocenters. The third kappa shape index (κ3) is 10.9. The van der Waals surface area contributed by atoms with Gasteiger partial charge in [-0.05, 0) is 122 Å². The van der Waals surface area contributed by atoms with Crippen LogP contribution in [0.3, 0.4) is 0 Å². The molecule has 2 bridgehead atoms. The van der Waals surface area contributed by atoms with E-state index in [-0.39, 0.29) is 41.6 Å². The number of hydrogen-bond acceptors (Lipinski definition) is 9. The van der Waals surface area contributed by atoms with Crippen LogP contribution < -0.4 is 10.3 Å². The highest BCUT2D eigenvalue weighted by atomic mass is 16.5. The molecule has 0 saturated carbocycles. The first-order chi connectivity index (χ1) is 30.3. The summed E-state index contributed by atoms with van der Waals surface area (Å²) in [6.45, 7) is 6.06. The quantitative estimate of drug-likeness (QED) is 0.0589. The third-order valence-corrected chi connectivity index (χ3v) is 13.1. The van der Waals surface area contributed by atoms with Crippen molar-refractivity contribution < 1.29 is 34.0 Å². The highest BCUT2D eigenvalue weighted by Gasteiger charge is 2.37. The number of rotatable bonds is 18. The smallest absolute Gasteiger partial charge is 0.307 e. The molecule has 3 N–H and O–H groups in total. The highest BCUT2D eigenvalue weighted by Crippen LogP contribution is 2.35. The van der Waals surface area contributed by atoms with Crippen LogP contribution in [0.1, 0.15) is 102 Å².